The molecule has 3 N–H and O–H groups in total. The van der Waals surface area contributed by atoms with Gasteiger partial charge in [-0.15, -0.1) is 0 Å². The van der Waals surface area contributed by atoms with Crippen molar-refractivity contribution in [3.63, 3.8) is 0 Å². The second kappa shape index (κ2) is 6.09. The van der Waals surface area contributed by atoms with Crippen LogP contribution in [0.4, 0.5) is 0 Å². The smallest absolute Gasteiger partial charge is 0.208 e. The van der Waals surface area contributed by atoms with Crippen LogP contribution in [-0.2, 0) is 0 Å². The van der Waals surface area contributed by atoms with Gasteiger partial charge in [-0.1, -0.05) is 0 Å². The molecule has 108 valence electrons. The molecule has 0 aromatic heterocycles. The molecule has 0 spiro atoms. The largest absolute Gasteiger partial charge is 0.342 e. The molecule has 0 radical (unpaired) electrons. The molecule has 0 amide bonds. The molecular formula is C14H27N5. The minimum atomic E-state index is 0.536. The first kappa shape index (κ1) is 13.2. The van der Waals surface area contributed by atoms with E-state index in [-0.39, 0.29) is 0 Å². The van der Waals surface area contributed by atoms with Crippen LogP contribution in [0.3, 0.4) is 0 Å². The normalized spacial score (nSPS) is 27.0. The van der Waals surface area contributed by atoms with Crippen LogP contribution in [-0.4, -0.2) is 54.5 Å². The second-order valence-corrected chi connectivity index (χ2v) is 6.27. The first-order valence-corrected chi connectivity index (χ1v) is 7.87. The van der Waals surface area contributed by atoms with Gasteiger partial charge in [0.05, 0.1) is 6.04 Å². The lowest BCUT2D eigenvalue weighted by atomic mass is 9.96. The van der Waals surface area contributed by atoms with E-state index in [1.807, 2.05) is 0 Å². The van der Waals surface area contributed by atoms with Crippen molar-refractivity contribution >= 4 is 5.96 Å². The number of rotatable bonds is 3. The number of nitrogens with two attached hydrogens (primary N) is 1. The van der Waals surface area contributed by atoms with Gasteiger partial charge in [-0.05, 0) is 57.5 Å². The lowest BCUT2D eigenvalue weighted by molar-refractivity contribution is 0.198. The van der Waals surface area contributed by atoms with E-state index in [1.165, 1.54) is 58.2 Å². The number of aliphatic imine (C=N–C) groups is 1. The van der Waals surface area contributed by atoms with Crippen LogP contribution in [0, 0.1) is 5.92 Å². The predicted octanol–water partition coefficient (Wildman–Crippen LogP) is 0.776. The zero-order chi connectivity index (χ0) is 13.1. The molecular weight excluding hydrogens is 238 g/mol. The Bertz CT molecular complexity index is 312. The molecule has 0 aromatic rings. The number of piperidine rings is 1. The van der Waals surface area contributed by atoms with E-state index in [0.29, 0.717) is 6.04 Å². The molecule has 0 unspecified atom stereocenters. The van der Waals surface area contributed by atoms with Crippen molar-refractivity contribution in [1.29, 1.82) is 0 Å². The summed E-state index contributed by atoms with van der Waals surface area (Å²) in [5.41, 5.74) is 2.80. The third kappa shape index (κ3) is 3.60. The van der Waals surface area contributed by atoms with Crippen LogP contribution in [0.2, 0.25) is 0 Å². The first-order chi connectivity index (χ1) is 9.35. The summed E-state index contributed by atoms with van der Waals surface area (Å²) in [5.74, 6) is 7.40. The fourth-order valence-electron chi connectivity index (χ4n) is 3.24. The van der Waals surface area contributed by atoms with E-state index < -0.39 is 0 Å². The Hall–Kier alpha value is -0.810. The van der Waals surface area contributed by atoms with Crippen LogP contribution < -0.4 is 11.3 Å². The highest BCUT2D eigenvalue weighted by atomic mass is 15.4. The summed E-state index contributed by atoms with van der Waals surface area (Å²) < 4.78 is 0. The van der Waals surface area contributed by atoms with Crippen molar-refractivity contribution in [3.05, 3.63) is 0 Å². The third-order valence-corrected chi connectivity index (χ3v) is 4.61. The monoisotopic (exact) mass is 265 g/mol. The van der Waals surface area contributed by atoms with Gasteiger partial charge in [0.1, 0.15) is 0 Å². The summed E-state index contributed by atoms with van der Waals surface area (Å²) in [6.45, 7) is 6.15. The molecule has 1 aliphatic carbocycles. The topological polar surface area (TPSA) is 56.9 Å². The van der Waals surface area contributed by atoms with Gasteiger partial charge < -0.3 is 9.80 Å². The molecule has 0 atom stereocenters. The average Bonchev–Trinajstić information content (AvgIpc) is 3.12. The molecule has 2 heterocycles. The number of hydrazine groups is 1. The summed E-state index contributed by atoms with van der Waals surface area (Å²) in [4.78, 5) is 9.63. The molecule has 5 heteroatoms. The second-order valence-electron chi connectivity index (χ2n) is 6.27. The Morgan fingerprint density at radius 3 is 2.32 bits per heavy atom. The van der Waals surface area contributed by atoms with Crippen molar-refractivity contribution in [3.8, 4) is 0 Å². The number of nitrogens with zero attached hydrogens (tertiary/aromatic N) is 3. The maximum absolute atomic E-state index is 5.62. The maximum Gasteiger partial charge on any atom is 0.208 e. The van der Waals surface area contributed by atoms with Crippen molar-refractivity contribution in [1.82, 2.24) is 15.2 Å². The Morgan fingerprint density at radius 1 is 1.05 bits per heavy atom. The molecule has 3 rings (SSSR count). The Morgan fingerprint density at radius 2 is 1.74 bits per heavy atom. The maximum atomic E-state index is 5.62. The van der Waals surface area contributed by atoms with Crippen molar-refractivity contribution in [2.24, 2.45) is 16.8 Å². The van der Waals surface area contributed by atoms with Gasteiger partial charge in [-0.3, -0.25) is 5.43 Å². The van der Waals surface area contributed by atoms with Gasteiger partial charge in [-0.25, -0.2) is 10.8 Å². The number of guanidine groups is 1. The highest BCUT2D eigenvalue weighted by molar-refractivity contribution is 5.79. The van der Waals surface area contributed by atoms with Crippen LogP contribution >= 0.6 is 0 Å². The molecule has 5 nitrogen and oxygen atoms in total. The van der Waals surface area contributed by atoms with E-state index >= 15 is 0 Å². The van der Waals surface area contributed by atoms with Gasteiger partial charge in [0, 0.05) is 19.6 Å². The minimum Gasteiger partial charge on any atom is -0.342 e. The molecule has 0 bridgehead atoms. The van der Waals surface area contributed by atoms with Crippen molar-refractivity contribution in [2.45, 2.75) is 44.6 Å². The number of hydrogen-bond acceptors (Lipinski definition) is 3. The fraction of sp³-hybridized carbons (Fsp3) is 0.929. The summed E-state index contributed by atoms with van der Waals surface area (Å²) in [5, 5.41) is 0. The molecule has 3 fully saturated rings. The Labute approximate surface area is 116 Å². The lowest BCUT2D eigenvalue weighted by Gasteiger charge is -2.35. The zero-order valence-electron chi connectivity index (χ0n) is 11.9. The first-order valence-electron chi connectivity index (χ1n) is 7.87. The van der Waals surface area contributed by atoms with Crippen LogP contribution in [0.5, 0.6) is 0 Å². The summed E-state index contributed by atoms with van der Waals surface area (Å²) in [7, 11) is 0. The van der Waals surface area contributed by atoms with E-state index in [4.69, 9.17) is 5.84 Å². The quantitative estimate of drug-likeness (QED) is 0.343. The van der Waals surface area contributed by atoms with Crippen molar-refractivity contribution in [2.75, 3.05) is 32.7 Å². The molecule has 0 aromatic carbocycles. The summed E-state index contributed by atoms with van der Waals surface area (Å²) in [6, 6.07) is 0.536. The van der Waals surface area contributed by atoms with E-state index in [2.05, 4.69) is 20.2 Å². The number of likely N-dealkylation sites (tertiary alicyclic amines) is 2. The van der Waals surface area contributed by atoms with E-state index in [0.717, 1.165) is 25.0 Å². The molecule has 2 aliphatic heterocycles. The van der Waals surface area contributed by atoms with Crippen molar-refractivity contribution < 1.29 is 0 Å². The Kier molecular flexibility index (Phi) is 4.23. The molecule has 19 heavy (non-hydrogen) atoms. The highest BCUT2D eigenvalue weighted by Gasteiger charge is 2.26. The van der Waals surface area contributed by atoms with Gasteiger partial charge in [0.25, 0.3) is 0 Å². The zero-order valence-corrected chi connectivity index (χ0v) is 11.9. The van der Waals surface area contributed by atoms with Gasteiger partial charge in [-0.2, -0.15) is 0 Å². The van der Waals surface area contributed by atoms with Gasteiger partial charge in [0.15, 0.2) is 0 Å². The number of nitrogens with one attached hydrogen (secondary N) is 1. The lowest BCUT2D eigenvalue weighted by Crippen LogP contribution is -2.49. The predicted molar refractivity (Wildman–Crippen MR) is 77.8 cm³/mol. The molecule has 1 saturated carbocycles. The van der Waals surface area contributed by atoms with Gasteiger partial charge in [0.2, 0.25) is 5.96 Å². The Balaban J connectivity index is 1.45. The molecule has 2 saturated heterocycles. The molecule has 3 aliphatic rings. The van der Waals surface area contributed by atoms with Crippen LogP contribution in [0.15, 0.2) is 4.99 Å². The van der Waals surface area contributed by atoms with E-state index in [1.54, 1.807) is 0 Å². The third-order valence-electron chi connectivity index (χ3n) is 4.61. The number of hydrogen-bond donors (Lipinski definition) is 2. The fourth-order valence-corrected chi connectivity index (χ4v) is 3.24. The highest BCUT2D eigenvalue weighted by Crippen LogP contribution is 2.25. The summed E-state index contributed by atoms with van der Waals surface area (Å²) >= 11 is 0. The van der Waals surface area contributed by atoms with Gasteiger partial charge >= 0.3 is 0 Å². The average molecular weight is 265 g/mol. The SMILES string of the molecule is NNC(=NC1CC1)N1CCC(CN2CCCC2)CC1. The van der Waals surface area contributed by atoms with Crippen LogP contribution in [0.1, 0.15) is 38.5 Å². The standard InChI is InChI=1S/C14H27N5/c15-17-14(16-13-3-4-13)19-9-5-12(6-10-19)11-18-7-1-2-8-18/h12-13H,1-11,15H2,(H,16,17). The minimum absolute atomic E-state index is 0.536. The summed E-state index contributed by atoms with van der Waals surface area (Å²) in [6.07, 6.45) is 7.82. The van der Waals surface area contributed by atoms with E-state index in [9.17, 15) is 0 Å². The van der Waals surface area contributed by atoms with Crippen LogP contribution in [0.25, 0.3) is 0 Å².